The summed E-state index contributed by atoms with van der Waals surface area (Å²) in [4.78, 5) is 8.58. The largest absolute Gasteiger partial charge is 0.494 e. The van der Waals surface area contributed by atoms with E-state index < -0.39 is 9.84 Å². The zero-order valence-electron chi connectivity index (χ0n) is 15.7. The van der Waals surface area contributed by atoms with Crippen molar-refractivity contribution in [3.8, 4) is 28.6 Å². The minimum atomic E-state index is -3.33. The standard InChI is InChI=1S/C19H20ClN3O4S/c1-4-26-14-8-13(9-15(10-14)27-5-2)18-19(20)22-12-23(18)17-7-6-16(11-21-17)28(3,24)25/h6-12H,4-5H2,1-3H3. The molecule has 0 unspecified atom stereocenters. The van der Waals surface area contributed by atoms with Crippen LogP contribution in [0.5, 0.6) is 11.5 Å². The fourth-order valence-corrected chi connectivity index (χ4v) is 3.50. The molecule has 2 aromatic heterocycles. The third-order valence-electron chi connectivity index (χ3n) is 3.89. The van der Waals surface area contributed by atoms with E-state index >= 15 is 0 Å². The molecule has 0 aliphatic rings. The summed E-state index contributed by atoms with van der Waals surface area (Å²) in [6, 6.07) is 8.60. The van der Waals surface area contributed by atoms with Crippen molar-refractivity contribution in [3.05, 3.63) is 48.0 Å². The topological polar surface area (TPSA) is 83.3 Å². The van der Waals surface area contributed by atoms with Crippen LogP contribution in [0.2, 0.25) is 5.15 Å². The van der Waals surface area contributed by atoms with Crippen LogP contribution in [0.1, 0.15) is 13.8 Å². The van der Waals surface area contributed by atoms with Crippen LogP contribution >= 0.6 is 11.6 Å². The third kappa shape index (κ3) is 4.28. The quantitative estimate of drug-likeness (QED) is 0.577. The van der Waals surface area contributed by atoms with Crippen molar-refractivity contribution in [2.75, 3.05) is 19.5 Å². The van der Waals surface area contributed by atoms with E-state index in [0.717, 1.165) is 11.8 Å². The molecule has 0 aliphatic carbocycles. The number of benzene rings is 1. The van der Waals surface area contributed by atoms with Crippen molar-refractivity contribution >= 4 is 21.4 Å². The number of pyridine rings is 1. The molecule has 9 heteroatoms. The van der Waals surface area contributed by atoms with Gasteiger partial charge in [0.2, 0.25) is 0 Å². The van der Waals surface area contributed by atoms with E-state index in [1.165, 1.54) is 18.6 Å². The lowest BCUT2D eigenvalue weighted by Gasteiger charge is -2.13. The number of hydrogen-bond donors (Lipinski definition) is 0. The maximum absolute atomic E-state index is 11.7. The Labute approximate surface area is 168 Å². The van der Waals surface area contributed by atoms with Crippen molar-refractivity contribution < 1.29 is 17.9 Å². The second-order valence-corrected chi connectivity index (χ2v) is 8.31. The Balaban J connectivity index is 2.11. The van der Waals surface area contributed by atoms with E-state index in [1.54, 1.807) is 10.6 Å². The van der Waals surface area contributed by atoms with Crippen LogP contribution in [-0.2, 0) is 9.84 Å². The highest BCUT2D eigenvalue weighted by Gasteiger charge is 2.17. The van der Waals surface area contributed by atoms with Gasteiger partial charge in [-0.2, -0.15) is 0 Å². The number of hydrogen-bond acceptors (Lipinski definition) is 6. The predicted molar refractivity (Wildman–Crippen MR) is 107 cm³/mol. The smallest absolute Gasteiger partial charge is 0.177 e. The summed E-state index contributed by atoms with van der Waals surface area (Å²) in [7, 11) is -3.33. The SMILES string of the molecule is CCOc1cc(OCC)cc(-c2c(Cl)ncn2-c2ccc(S(C)(=O)=O)cn2)c1. The number of aromatic nitrogens is 3. The summed E-state index contributed by atoms with van der Waals surface area (Å²) in [5.41, 5.74) is 1.34. The highest BCUT2D eigenvalue weighted by Crippen LogP contribution is 2.35. The number of nitrogens with zero attached hydrogens (tertiary/aromatic N) is 3. The van der Waals surface area contributed by atoms with E-state index in [0.29, 0.717) is 36.2 Å². The van der Waals surface area contributed by atoms with Crippen LogP contribution in [0.4, 0.5) is 0 Å². The molecule has 7 nitrogen and oxygen atoms in total. The van der Waals surface area contributed by atoms with Crippen LogP contribution in [0.3, 0.4) is 0 Å². The summed E-state index contributed by atoms with van der Waals surface area (Å²) >= 11 is 6.35. The van der Waals surface area contributed by atoms with Gasteiger partial charge >= 0.3 is 0 Å². The molecule has 3 aromatic rings. The average Bonchev–Trinajstić information content (AvgIpc) is 3.03. The average molecular weight is 422 g/mol. The molecule has 0 fully saturated rings. The molecule has 3 rings (SSSR count). The number of halogens is 1. The molecule has 0 bridgehead atoms. The van der Waals surface area contributed by atoms with Crippen molar-refractivity contribution in [1.29, 1.82) is 0 Å². The first-order valence-electron chi connectivity index (χ1n) is 8.63. The molecule has 28 heavy (non-hydrogen) atoms. The molecule has 0 saturated heterocycles. The predicted octanol–water partition coefficient (Wildman–Crippen LogP) is 3.79. The normalized spacial score (nSPS) is 11.4. The van der Waals surface area contributed by atoms with Crippen molar-refractivity contribution in [2.45, 2.75) is 18.7 Å². The summed E-state index contributed by atoms with van der Waals surface area (Å²) < 4.78 is 36.3. The number of rotatable bonds is 7. The first-order chi connectivity index (χ1) is 13.3. The number of ether oxygens (including phenoxy) is 2. The van der Waals surface area contributed by atoms with Crippen LogP contribution in [-0.4, -0.2) is 42.4 Å². The van der Waals surface area contributed by atoms with Crippen molar-refractivity contribution in [1.82, 2.24) is 14.5 Å². The molecule has 0 amide bonds. The molecule has 1 aromatic carbocycles. The van der Waals surface area contributed by atoms with Crippen LogP contribution in [0.15, 0.2) is 47.8 Å². The second-order valence-electron chi connectivity index (χ2n) is 5.94. The lowest BCUT2D eigenvalue weighted by atomic mass is 10.1. The van der Waals surface area contributed by atoms with Gasteiger partial charge in [0, 0.05) is 24.1 Å². The van der Waals surface area contributed by atoms with Gasteiger partial charge in [-0.3, -0.25) is 4.57 Å². The Bertz CT molecular complexity index is 1050. The molecule has 0 radical (unpaired) electrons. The van der Waals surface area contributed by atoms with E-state index in [1.807, 2.05) is 32.0 Å². The summed E-state index contributed by atoms with van der Waals surface area (Å²) in [6.07, 6.45) is 3.98. The highest BCUT2D eigenvalue weighted by atomic mass is 35.5. The second kappa shape index (κ2) is 8.20. The zero-order valence-corrected chi connectivity index (χ0v) is 17.3. The van der Waals surface area contributed by atoms with Crippen molar-refractivity contribution in [3.63, 3.8) is 0 Å². The Morgan fingerprint density at radius 3 is 2.18 bits per heavy atom. The van der Waals surface area contributed by atoms with Gasteiger partial charge in [0.25, 0.3) is 0 Å². The molecular formula is C19H20ClN3O4S. The Hall–Kier alpha value is -2.58. The lowest BCUT2D eigenvalue weighted by molar-refractivity contribution is 0.323. The summed E-state index contributed by atoms with van der Waals surface area (Å²) in [5.74, 6) is 1.78. The van der Waals surface area contributed by atoms with E-state index in [-0.39, 0.29) is 10.0 Å². The van der Waals surface area contributed by atoms with Crippen LogP contribution in [0, 0.1) is 0 Å². The van der Waals surface area contributed by atoms with Crippen LogP contribution < -0.4 is 9.47 Å². The van der Waals surface area contributed by atoms with E-state index in [2.05, 4.69) is 9.97 Å². The molecule has 148 valence electrons. The maximum Gasteiger partial charge on any atom is 0.177 e. The molecule has 0 atom stereocenters. The summed E-state index contributed by atoms with van der Waals surface area (Å²) in [5, 5.41) is 0.282. The molecule has 0 N–H and O–H groups in total. The fraction of sp³-hybridized carbons (Fsp3) is 0.263. The van der Waals surface area contributed by atoms with Gasteiger partial charge in [0.05, 0.1) is 23.8 Å². The minimum absolute atomic E-state index is 0.140. The summed E-state index contributed by atoms with van der Waals surface area (Å²) in [6.45, 7) is 4.82. The number of sulfone groups is 1. The maximum atomic E-state index is 11.7. The Morgan fingerprint density at radius 1 is 1.04 bits per heavy atom. The van der Waals surface area contributed by atoms with Crippen molar-refractivity contribution in [2.24, 2.45) is 0 Å². The monoisotopic (exact) mass is 421 g/mol. The molecule has 0 saturated carbocycles. The van der Waals surface area contributed by atoms with Crippen LogP contribution in [0.25, 0.3) is 17.1 Å². The molecule has 0 aliphatic heterocycles. The zero-order chi connectivity index (χ0) is 20.3. The molecule has 0 spiro atoms. The van der Waals surface area contributed by atoms with E-state index in [4.69, 9.17) is 21.1 Å². The third-order valence-corrected chi connectivity index (χ3v) is 5.27. The minimum Gasteiger partial charge on any atom is -0.494 e. The van der Waals surface area contributed by atoms with Gasteiger partial charge in [-0.25, -0.2) is 18.4 Å². The molecule has 2 heterocycles. The van der Waals surface area contributed by atoms with Gasteiger partial charge in [-0.05, 0) is 38.1 Å². The fourth-order valence-electron chi connectivity index (χ4n) is 2.70. The first kappa shape index (κ1) is 20.2. The molecular weight excluding hydrogens is 402 g/mol. The highest BCUT2D eigenvalue weighted by molar-refractivity contribution is 7.90. The van der Waals surface area contributed by atoms with Gasteiger partial charge in [0.1, 0.15) is 23.6 Å². The Kier molecular flexibility index (Phi) is 5.90. The lowest BCUT2D eigenvalue weighted by Crippen LogP contribution is -2.03. The van der Waals surface area contributed by atoms with E-state index in [9.17, 15) is 8.42 Å². The Morgan fingerprint density at radius 2 is 1.68 bits per heavy atom. The number of imidazole rings is 1. The van der Waals surface area contributed by atoms with Gasteiger partial charge in [-0.1, -0.05) is 11.6 Å². The first-order valence-corrected chi connectivity index (χ1v) is 10.9. The van der Waals surface area contributed by atoms with Gasteiger partial charge < -0.3 is 9.47 Å². The van der Waals surface area contributed by atoms with Gasteiger partial charge in [0.15, 0.2) is 15.0 Å². The van der Waals surface area contributed by atoms with Gasteiger partial charge in [-0.15, -0.1) is 0 Å².